The summed E-state index contributed by atoms with van der Waals surface area (Å²) in [5.74, 6) is 0.573. The molecule has 0 amide bonds. The number of carbonyl (C=O) groups excluding carboxylic acids is 1. The summed E-state index contributed by atoms with van der Waals surface area (Å²) < 4.78 is 0. The van der Waals surface area contributed by atoms with Gasteiger partial charge in [-0.15, -0.1) is 0 Å². The molecule has 0 spiro atoms. The summed E-state index contributed by atoms with van der Waals surface area (Å²) in [6.07, 6.45) is 2.24. The fraction of sp³-hybridized carbons (Fsp3) is 0.438. The van der Waals surface area contributed by atoms with Gasteiger partial charge in [-0.3, -0.25) is 4.79 Å². The second kappa shape index (κ2) is 4.93. The van der Waals surface area contributed by atoms with Crippen molar-refractivity contribution in [3.05, 3.63) is 42.0 Å². The molecule has 1 nitrogen and oxygen atoms in total. The summed E-state index contributed by atoms with van der Waals surface area (Å²) >= 11 is 1.38. The number of thioether (sulfide) groups is 1. The Balaban J connectivity index is 2.05. The van der Waals surface area contributed by atoms with E-state index in [9.17, 15) is 4.79 Å². The lowest BCUT2D eigenvalue weighted by molar-refractivity contribution is -0.112. The number of benzene rings is 1. The summed E-state index contributed by atoms with van der Waals surface area (Å²) in [6.45, 7) is 8.57. The van der Waals surface area contributed by atoms with Gasteiger partial charge < -0.3 is 0 Å². The van der Waals surface area contributed by atoms with Crippen LogP contribution in [0.4, 0.5) is 0 Å². The molecule has 2 atom stereocenters. The zero-order valence-electron chi connectivity index (χ0n) is 11.4. The monoisotopic (exact) mass is 260 g/mol. The van der Waals surface area contributed by atoms with Crippen molar-refractivity contribution in [2.75, 3.05) is 0 Å². The molecular formula is C16H20OS. The lowest BCUT2D eigenvalue weighted by Gasteiger charge is -2.01. The molecule has 1 aromatic rings. The summed E-state index contributed by atoms with van der Waals surface area (Å²) in [6, 6.07) is 9.91. The molecule has 1 saturated carbocycles. The predicted molar refractivity (Wildman–Crippen MR) is 77.5 cm³/mol. The van der Waals surface area contributed by atoms with E-state index in [2.05, 4.69) is 33.8 Å². The van der Waals surface area contributed by atoms with E-state index in [1.165, 1.54) is 17.3 Å². The molecule has 0 bridgehead atoms. The van der Waals surface area contributed by atoms with E-state index >= 15 is 0 Å². The molecule has 2 rings (SSSR count). The largest absolute Gasteiger partial charge is 0.286 e. The molecule has 0 aromatic heterocycles. The Kier molecular flexibility index (Phi) is 3.67. The molecule has 0 unspecified atom stereocenters. The summed E-state index contributed by atoms with van der Waals surface area (Å²) in [5.41, 5.74) is 1.42. The van der Waals surface area contributed by atoms with Crippen molar-refractivity contribution in [3.8, 4) is 0 Å². The van der Waals surface area contributed by atoms with Crippen LogP contribution in [0.2, 0.25) is 0 Å². The SMILES string of the molecule is CC(C)=C[C@@H]1[C@H](C(=O)Sc2ccccc2)C1(C)C. The number of hydrogen-bond acceptors (Lipinski definition) is 2. The Bertz CT molecular complexity index is 469. The van der Waals surface area contributed by atoms with Gasteiger partial charge in [0.15, 0.2) is 5.12 Å². The Morgan fingerprint density at radius 2 is 1.83 bits per heavy atom. The molecule has 0 radical (unpaired) electrons. The molecule has 1 aliphatic carbocycles. The van der Waals surface area contributed by atoms with Gasteiger partial charge in [0.05, 0.1) is 0 Å². The zero-order valence-corrected chi connectivity index (χ0v) is 12.3. The highest BCUT2D eigenvalue weighted by molar-refractivity contribution is 8.13. The standard InChI is InChI=1S/C16H20OS/c1-11(2)10-13-14(16(13,3)4)15(17)18-12-8-6-5-7-9-12/h5-10,13-14H,1-4H3/t13-,14-/m1/s1. The number of hydrogen-bond donors (Lipinski definition) is 0. The van der Waals surface area contributed by atoms with Crippen molar-refractivity contribution in [1.82, 2.24) is 0 Å². The van der Waals surface area contributed by atoms with Crippen LogP contribution in [0, 0.1) is 17.3 Å². The van der Waals surface area contributed by atoms with E-state index in [4.69, 9.17) is 0 Å². The van der Waals surface area contributed by atoms with Crippen LogP contribution in [-0.4, -0.2) is 5.12 Å². The minimum absolute atomic E-state index is 0.121. The van der Waals surface area contributed by atoms with Crippen molar-refractivity contribution < 1.29 is 4.79 Å². The van der Waals surface area contributed by atoms with Gasteiger partial charge in [-0.25, -0.2) is 0 Å². The van der Waals surface area contributed by atoms with Crippen LogP contribution < -0.4 is 0 Å². The van der Waals surface area contributed by atoms with Crippen molar-refractivity contribution in [2.24, 2.45) is 17.3 Å². The van der Waals surface area contributed by atoms with Crippen molar-refractivity contribution in [3.63, 3.8) is 0 Å². The summed E-state index contributed by atoms with van der Waals surface area (Å²) in [4.78, 5) is 13.4. The summed E-state index contributed by atoms with van der Waals surface area (Å²) in [5, 5.41) is 0.300. The molecule has 0 saturated heterocycles. The van der Waals surface area contributed by atoms with Gasteiger partial charge in [-0.1, -0.05) is 55.5 Å². The van der Waals surface area contributed by atoms with Crippen molar-refractivity contribution >= 4 is 16.9 Å². The lowest BCUT2D eigenvalue weighted by Crippen LogP contribution is -2.00. The maximum Gasteiger partial charge on any atom is 0.197 e. The third-order valence-electron chi connectivity index (χ3n) is 3.64. The van der Waals surface area contributed by atoms with E-state index in [1.807, 2.05) is 30.3 Å². The van der Waals surface area contributed by atoms with Crippen LogP contribution in [0.1, 0.15) is 27.7 Å². The van der Waals surface area contributed by atoms with Gasteiger partial charge in [-0.05, 0) is 37.3 Å². The Labute approximate surface area is 114 Å². The fourth-order valence-corrected chi connectivity index (χ4v) is 3.57. The fourth-order valence-electron chi connectivity index (χ4n) is 2.47. The van der Waals surface area contributed by atoms with Crippen LogP contribution in [0.15, 0.2) is 46.9 Å². The molecule has 96 valence electrons. The minimum Gasteiger partial charge on any atom is -0.286 e. The predicted octanol–water partition coefficient (Wildman–Crippen LogP) is 4.54. The average molecular weight is 260 g/mol. The van der Waals surface area contributed by atoms with Crippen LogP contribution in [0.3, 0.4) is 0 Å². The number of rotatable bonds is 3. The van der Waals surface area contributed by atoms with E-state index in [0.717, 1.165) is 4.90 Å². The molecule has 0 aliphatic heterocycles. The molecule has 2 heteroatoms. The first-order valence-corrected chi connectivity index (χ1v) is 7.16. The Morgan fingerprint density at radius 1 is 1.22 bits per heavy atom. The summed E-state index contributed by atoms with van der Waals surface area (Å²) in [7, 11) is 0. The van der Waals surface area contributed by atoms with Crippen molar-refractivity contribution in [1.29, 1.82) is 0 Å². The Morgan fingerprint density at radius 3 is 2.39 bits per heavy atom. The van der Waals surface area contributed by atoms with Crippen LogP contribution in [-0.2, 0) is 4.79 Å². The van der Waals surface area contributed by atoms with Crippen LogP contribution in [0.5, 0.6) is 0 Å². The van der Waals surface area contributed by atoms with E-state index in [0.29, 0.717) is 11.0 Å². The van der Waals surface area contributed by atoms with Gasteiger partial charge in [0.2, 0.25) is 0 Å². The average Bonchev–Trinajstić information content (AvgIpc) is 2.80. The molecule has 1 fully saturated rings. The maximum absolute atomic E-state index is 12.3. The first kappa shape index (κ1) is 13.4. The molecular weight excluding hydrogens is 240 g/mol. The third-order valence-corrected chi connectivity index (χ3v) is 4.60. The molecule has 1 aliphatic rings. The quantitative estimate of drug-likeness (QED) is 0.586. The molecule has 18 heavy (non-hydrogen) atoms. The van der Waals surface area contributed by atoms with E-state index in [-0.39, 0.29) is 11.3 Å². The van der Waals surface area contributed by atoms with Gasteiger partial charge >= 0.3 is 0 Å². The van der Waals surface area contributed by atoms with Crippen molar-refractivity contribution in [2.45, 2.75) is 32.6 Å². The lowest BCUT2D eigenvalue weighted by atomic mass is 10.1. The third kappa shape index (κ3) is 2.69. The first-order valence-electron chi connectivity index (χ1n) is 6.34. The zero-order chi connectivity index (χ0) is 13.3. The van der Waals surface area contributed by atoms with Gasteiger partial charge in [0, 0.05) is 10.8 Å². The molecule has 0 heterocycles. The normalized spacial score (nSPS) is 24.4. The topological polar surface area (TPSA) is 17.1 Å². The number of carbonyl (C=O) groups is 1. The minimum atomic E-state index is 0.121. The van der Waals surface area contributed by atoms with Crippen LogP contribution in [0.25, 0.3) is 0 Å². The van der Waals surface area contributed by atoms with Gasteiger partial charge in [0.1, 0.15) is 0 Å². The van der Waals surface area contributed by atoms with E-state index < -0.39 is 0 Å². The molecule has 0 N–H and O–H groups in total. The first-order chi connectivity index (χ1) is 8.43. The highest BCUT2D eigenvalue weighted by atomic mass is 32.2. The molecule has 1 aromatic carbocycles. The van der Waals surface area contributed by atoms with Gasteiger partial charge in [0.25, 0.3) is 0 Å². The highest BCUT2D eigenvalue weighted by Crippen LogP contribution is 2.61. The van der Waals surface area contributed by atoms with E-state index in [1.54, 1.807) is 0 Å². The second-order valence-corrected chi connectivity index (χ2v) is 6.88. The maximum atomic E-state index is 12.3. The second-order valence-electron chi connectivity index (χ2n) is 5.80. The number of allylic oxidation sites excluding steroid dienone is 2. The van der Waals surface area contributed by atoms with Gasteiger partial charge in [-0.2, -0.15) is 0 Å². The van der Waals surface area contributed by atoms with Crippen LogP contribution >= 0.6 is 11.8 Å². The Hall–Kier alpha value is -1.02. The highest BCUT2D eigenvalue weighted by Gasteiger charge is 2.60. The smallest absolute Gasteiger partial charge is 0.197 e.